The van der Waals surface area contributed by atoms with Gasteiger partial charge in [-0.25, -0.2) is 0 Å². The summed E-state index contributed by atoms with van der Waals surface area (Å²) in [4.78, 5) is 15.8. The van der Waals surface area contributed by atoms with E-state index in [0.29, 0.717) is 6.54 Å². The first-order valence-electron chi connectivity index (χ1n) is 8.21. The highest BCUT2D eigenvalue weighted by atomic mass is 32.1. The van der Waals surface area contributed by atoms with Gasteiger partial charge in [-0.15, -0.1) is 11.3 Å². The number of carbonyl (C=O) groups excluding carboxylic acids is 1. The molecule has 1 amide bonds. The van der Waals surface area contributed by atoms with Gasteiger partial charge in [-0.2, -0.15) is 0 Å². The van der Waals surface area contributed by atoms with Crippen LogP contribution in [0.3, 0.4) is 0 Å². The molecule has 3 rings (SSSR count). The third-order valence-corrected chi connectivity index (χ3v) is 4.85. The van der Waals surface area contributed by atoms with Crippen LogP contribution in [0, 0.1) is 13.8 Å². The van der Waals surface area contributed by atoms with Crippen LogP contribution >= 0.6 is 11.3 Å². The Hall–Kier alpha value is -2.59. The summed E-state index contributed by atoms with van der Waals surface area (Å²) in [5.74, 6) is 0.691. The highest BCUT2D eigenvalue weighted by Gasteiger charge is 2.17. The van der Waals surface area contributed by atoms with Gasteiger partial charge in [0.2, 0.25) is 0 Å². The van der Waals surface area contributed by atoms with Gasteiger partial charge in [-0.05, 0) is 49.1 Å². The van der Waals surface area contributed by atoms with E-state index in [4.69, 9.17) is 4.74 Å². The number of nitrogens with zero attached hydrogens (tertiary/aromatic N) is 1. The quantitative estimate of drug-likeness (QED) is 0.627. The number of rotatable bonds is 6. The molecule has 128 valence electrons. The van der Waals surface area contributed by atoms with Gasteiger partial charge in [0.05, 0.1) is 6.54 Å². The van der Waals surface area contributed by atoms with Crippen LogP contribution in [0.25, 0.3) is 0 Å². The fourth-order valence-electron chi connectivity index (χ4n) is 2.54. The van der Waals surface area contributed by atoms with E-state index in [0.717, 1.165) is 21.9 Å². The first kappa shape index (κ1) is 17.2. The lowest BCUT2D eigenvalue weighted by molar-refractivity contribution is -0.120. The van der Waals surface area contributed by atoms with E-state index in [1.165, 1.54) is 5.56 Å². The van der Waals surface area contributed by atoms with Crippen molar-refractivity contribution in [3.63, 3.8) is 0 Å². The maximum Gasteiger partial charge on any atom is 0.265 e. The standard InChI is InChI=1S/C21H21NO2S/c1-16-9-11-18(12-10-16)22(14-19-7-5-13-25-19)21(23)15-24-20-8-4-3-6-17(20)2/h3-13H,14-15H2,1-2H3. The van der Waals surface area contributed by atoms with Crippen molar-refractivity contribution in [3.8, 4) is 5.75 Å². The molecule has 0 radical (unpaired) electrons. The molecule has 25 heavy (non-hydrogen) atoms. The Morgan fingerprint density at radius 2 is 1.76 bits per heavy atom. The molecule has 4 heteroatoms. The zero-order valence-electron chi connectivity index (χ0n) is 14.4. The van der Waals surface area contributed by atoms with Crippen molar-refractivity contribution in [2.75, 3.05) is 11.5 Å². The van der Waals surface area contributed by atoms with Crippen molar-refractivity contribution in [2.45, 2.75) is 20.4 Å². The van der Waals surface area contributed by atoms with Gasteiger partial charge in [0.1, 0.15) is 5.75 Å². The van der Waals surface area contributed by atoms with Crippen molar-refractivity contribution >= 4 is 22.9 Å². The summed E-state index contributed by atoms with van der Waals surface area (Å²) in [5.41, 5.74) is 3.08. The number of aryl methyl sites for hydroxylation is 2. The van der Waals surface area contributed by atoms with Crippen LogP contribution in [0.2, 0.25) is 0 Å². The van der Waals surface area contributed by atoms with Crippen LogP contribution in [0.1, 0.15) is 16.0 Å². The number of thiophene rings is 1. The fourth-order valence-corrected chi connectivity index (χ4v) is 3.24. The molecule has 3 aromatic rings. The lowest BCUT2D eigenvalue weighted by Gasteiger charge is -2.23. The number of hydrogen-bond acceptors (Lipinski definition) is 3. The normalized spacial score (nSPS) is 10.5. The number of anilines is 1. The molecule has 2 aromatic carbocycles. The molecule has 0 atom stereocenters. The Morgan fingerprint density at radius 1 is 1.00 bits per heavy atom. The highest BCUT2D eigenvalue weighted by molar-refractivity contribution is 7.09. The first-order chi connectivity index (χ1) is 12.1. The smallest absolute Gasteiger partial charge is 0.265 e. The highest BCUT2D eigenvalue weighted by Crippen LogP contribution is 2.22. The van der Waals surface area contributed by atoms with E-state index in [1.807, 2.05) is 79.9 Å². The lowest BCUT2D eigenvalue weighted by Crippen LogP contribution is -2.34. The molecule has 0 bridgehead atoms. The summed E-state index contributed by atoms with van der Waals surface area (Å²) < 4.78 is 5.76. The molecule has 0 N–H and O–H groups in total. The number of ether oxygens (including phenoxy) is 1. The van der Waals surface area contributed by atoms with Gasteiger partial charge in [0.25, 0.3) is 5.91 Å². The Balaban J connectivity index is 1.77. The maximum atomic E-state index is 12.8. The Bertz CT molecular complexity index is 825. The minimum Gasteiger partial charge on any atom is -0.483 e. The molecule has 1 heterocycles. The molecule has 0 saturated carbocycles. The number of benzene rings is 2. The average Bonchev–Trinajstić information content (AvgIpc) is 3.13. The predicted molar refractivity (Wildman–Crippen MR) is 103 cm³/mol. The van der Waals surface area contributed by atoms with E-state index < -0.39 is 0 Å². The number of hydrogen-bond donors (Lipinski definition) is 0. The zero-order valence-corrected chi connectivity index (χ0v) is 15.3. The van der Waals surface area contributed by atoms with E-state index in [-0.39, 0.29) is 12.5 Å². The van der Waals surface area contributed by atoms with Gasteiger partial charge in [0, 0.05) is 10.6 Å². The van der Waals surface area contributed by atoms with Gasteiger partial charge >= 0.3 is 0 Å². The van der Waals surface area contributed by atoms with Crippen LogP contribution < -0.4 is 9.64 Å². The van der Waals surface area contributed by atoms with Crippen molar-refractivity contribution in [1.29, 1.82) is 0 Å². The topological polar surface area (TPSA) is 29.5 Å². The number of amides is 1. The first-order valence-corrected chi connectivity index (χ1v) is 9.09. The third kappa shape index (κ3) is 4.48. The SMILES string of the molecule is Cc1ccc(N(Cc2cccs2)C(=O)COc2ccccc2C)cc1. The molecule has 0 aliphatic rings. The van der Waals surface area contributed by atoms with Crippen LogP contribution in [0.15, 0.2) is 66.0 Å². The number of carbonyl (C=O) groups is 1. The predicted octanol–water partition coefficient (Wildman–Crippen LogP) is 4.98. The van der Waals surface area contributed by atoms with Crippen LogP contribution in [-0.2, 0) is 11.3 Å². The van der Waals surface area contributed by atoms with Crippen molar-refractivity contribution < 1.29 is 9.53 Å². The second kappa shape index (κ2) is 7.99. The summed E-state index contributed by atoms with van der Waals surface area (Å²) in [6.07, 6.45) is 0. The second-order valence-corrected chi connectivity index (χ2v) is 6.98. The summed E-state index contributed by atoms with van der Waals surface area (Å²) in [6, 6.07) is 19.8. The lowest BCUT2D eigenvalue weighted by atomic mass is 10.2. The average molecular weight is 351 g/mol. The summed E-state index contributed by atoms with van der Waals surface area (Å²) in [7, 11) is 0. The third-order valence-electron chi connectivity index (χ3n) is 3.99. The Kier molecular flexibility index (Phi) is 5.51. The monoisotopic (exact) mass is 351 g/mol. The maximum absolute atomic E-state index is 12.8. The number of para-hydroxylation sites is 1. The molecule has 0 aliphatic heterocycles. The summed E-state index contributed by atoms with van der Waals surface area (Å²) >= 11 is 1.65. The second-order valence-electron chi connectivity index (χ2n) is 5.95. The van der Waals surface area contributed by atoms with Crippen LogP contribution in [0.4, 0.5) is 5.69 Å². The van der Waals surface area contributed by atoms with Crippen molar-refractivity contribution in [1.82, 2.24) is 0 Å². The van der Waals surface area contributed by atoms with Crippen molar-refractivity contribution in [3.05, 3.63) is 82.0 Å². The molecule has 0 spiro atoms. The molecule has 0 fully saturated rings. The fraction of sp³-hybridized carbons (Fsp3) is 0.190. The van der Waals surface area contributed by atoms with Gasteiger partial charge in [-0.1, -0.05) is 42.0 Å². The molecule has 3 nitrogen and oxygen atoms in total. The Labute approximate surface area is 152 Å². The van der Waals surface area contributed by atoms with E-state index in [9.17, 15) is 4.79 Å². The minimum atomic E-state index is -0.0551. The van der Waals surface area contributed by atoms with E-state index >= 15 is 0 Å². The van der Waals surface area contributed by atoms with E-state index in [2.05, 4.69) is 0 Å². The van der Waals surface area contributed by atoms with Gasteiger partial charge in [-0.3, -0.25) is 4.79 Å². The molecular weight excluding hydrogens is 330 g/mol. The molecule has 1 aromatic heterocycles. The largest absolute Gasteiger partial charge is 0.483 e. The van der Waals surface area contributed by atoms with Crippen LogP contribution in [-0.4, -0.2) is 12.5 Å². The minimum absolute atomic E-state index is 0.0180. The Morgan fingerprint density at radius 3 is 2.44 bits per heavy atom. The molecular formula is C21H21NO2S. The van der Waals surface area contributed by atoms with Gasteiger partial charge < -0.3 is 9.64 Å². The molecule has 0 unspecified atom stereocenters. The van der Waals surface area contributed by atoms with Crippen LogP contribution in [0.5, 0.6) is 5.75 Å². The molecule has 0 saturated heterocycles. The van der Waals surface area contributed by atoms with E-state index in [1.54, 1.807) is 16.2 Å². The van der Waals surface area contributed by atoms with Gasteiger partial charge in [0.15, 0.2) is 6.61 Å². The van der Waals surface area contributed by atoms with Crippen molar-refractivity contribution in [2.24, 2.45) is 0 Å². The zero-order chi connectivity index (χ0) is 17.6. The summed E-state index contributed by atoms with van der Waals surface area (Å²) in [5, 5.41) is 2.02. The summed E-state index contributed by atoms with van der Waals surface area (Å²) in [6.45, 7) is 4.58. The molecule has 0 aliphatic carbocycles.